The number of carbonyl (C=O) groups is 1. The first-order valence-corrected chi connectivity index (χ1v) is 7.99. The molecule has 2 rings (SSSR count). The van der Waals surface area contributed by atoms with Crippen LogP contribution in [0.15, 0.2) is 40.9 Å². The lowest BCUT2D eigenvalue weighted by molar-refractivity contribution is -0.120. The maximum Gasteiger partial charge on any atom is 0.239 e. The minimum Gasteiger partial charge on any atom is -0.376 e. The van der Waals surface area contributed by atoms with E-state index in [2.05, 4.69) is 52.5 Å². The number of rotatable bonds is 5. The lowest BCUT2D eigenvalue weighted by Gasteiger charge is -2.18. The highest BCUT2D eigenvalue weighted by Gasteiger charge is 2.11. The molecular formula is C17H21BrN2O. The van der Waals surface area contributed by atoms with Crippen molar-refractivity contribution in [1.82, 2.24) is 5.32 Å². The number of amides is 1. The van der Waals surface area contributed by atoms with Crippen LogP contribution >= 0.6 is 15.9 Å². The molecule has 112 valence electrons. The molecule has 0 saturated carbocycles. The standard InChI is InChI=1S/C17H21BrN2O/c1-11(2)12(3)20-17(21)10-19-16-9-8-15(18)13-6-4-5-7-14(13)16/h4-9,11-12,19H,10H2,1-3H3,(H,20,21). The van der Waals surface area contributed by atoms with Gasteiger partial charge in [-0.1, -0.05) is 54.0 Å². The first-order chi connectivity index (χ1) is 9.99. The number of nitrogens with one attached hydrogen (secondary N) is 2. The number of fused-ring (bicyclic) bond motifs is 1. The third kappa shape index (κ3) is 3.97. The third-order valence-electron chi connectivity index (χ3n) is 3.70. The van der Waals surface area contributed by atoms with Crippen molar-refractivity contribution in [2.45, 2.75) is 26.8 Å². The smallest absolute Gasteiger partial charge is 0.239 e. The molecule has 0 radical (unpaired) electrons. The molecule has 21 heavy (non-hydrogen) atoms. The van der Waals surface area contributed by atoms with Gasteiger partial charge in [0, 0.05) is 21.6 Å². The van der Waals surface area contributed by atoms with E-state index in [4.69, 9.17) is 0 Å². The van der Waals surface area contributed by atoms with Crippen LogP contribution in [0.5, 0.6) is 0 Å². The van der Waals surface area contributed by atoms with Gasteiger partial charge < -0.3 is 10.6 Å². The van der Waals surface area contributed by atoms with Crippen molar-refractivity contribution in [3.8, 4) is 0 Å². The monoisotopic (exact) mass is 348 g/mol. The van der Waals surface area contributed by atoms with E-state index >= 15 is 0 Å². The summed E-state index contributed by atoms with van der Waals surface area (Å²) >= 11 is 3.55. The molecule has 2 N–H and O–H groups in total. The highest BCUT2D eigenvalue weighted by molar-refractivity contribution is 9.10. The van der Waals surface area contributed by atoms with Gasteiger partial charge in [0.1, 0.15) is 0 Å². The van der Waals surface area contributed by atoms with Crippen molar-refractivity contribution >= 4 is 38.3 Å². The van der Waals surface area contributed by atoms with E-state index in [0.717, 1.165) is 20.9 Å². The first kappa shape index (κ1) is 15.8. The minimum atomic E-state index is 0.0169. The molecule has 0 heterocycles. The van der Waals surface area contributed by atoms with Crippen LogP contribution in [-0.2, 0) is 4.79 Å². The van der Waals surface area contributed by atoms with E-state index in [1.54, 1.807) is 0 Å². The molecule has 2 aromatic rings. The van der Waals surface area contributed by atoms with Crippen molar-refractivity contribution in [2.75, 3.05) is 11.9 Å². The maximum absolute atomic E-state index is 12.0. The third-order valence-corrected chi connectivity index (χ3v) is 4.39. The van der Waals surface area contributed by atoms with Gasteiger partial charge in [-0.2, -0.15) is 0 Å². The summed E-state index contributed by atoms with van der Waals surface area (Å²) in [5.74, 6) is 0.450. The Bertz CT molecular complexity index is 640. The number of carbonyl (C=O) groups excluding carboxylic acids is 1. The van der Waals surface area contributed by atoms with Crippen molar-refractivity contribution in [1.29, 1.82) is 0 Å². The van der Waals surface area contributed by atoms with Crippen LogP contribution in [0.4, 0.5) is 5.69 Å². The summed E-state index contributed by atoms with van der Waals surface area (Å²) in [5, 5.41) is 8.47. The lowest BCUT2D eigenvalue weighted by atomic mass is 10.1. The van der Waals surface area contributed by atoms with Crippen LogP contribution < -0.4 is 10.6 Å². The van der Waals surface area contributed by atoms with Gasteiger partial charge in [-0.25, -0.2) is 0 Å². The molecular weight excluding hydrogens is 328 g/mol. The molecule has 4 heteroatoms. The van der Waals surface area contributed by atoms with E-state index in [1.165, 1.54) is 0 Å². The zero-order chi connectivity index (χ0) is 15.4. The molecule has 0 saturated heterocycles. The minimum absolute atomic E-state index is 0.0169. The summed E-state index contributed by atoms with van der Waals surface area (Å²) < 4.78 is 1.06. The fraction of sp³-hybridized carbons (Fsp3) is 0.353. The van der Waals surface area contributed by atoms with Crippen molar-refractivity contribution in [3.63, 3.8) is 0 Å². The van der Waals surface area contributed by atoms with E-state index in [9.17, 15) is 4.79 Å². The fourth-order valence-electron chi connectivity index (χ4n) is 2.06. The van der Waals surface area contributed by atoms with Gasteiger partial charge in [0.2, 0.25) is 5.91 Å². The van der Waals surface area contributed by atoms with Gasteiger partial charge in [0.25, 0.3) is 0 Å². The molecule has 0 aromatic heterocycles. The second-order valence-electron chi connectivity index (χ2n) is 5.59. The summed E-state index contributed by atoms with van der Waals surface area (Å²) in [6.45, 7) is 6.50. The van der Waals surface area contributed by atoms with Crippen LogP contribution in [0.3, 0.4) is 0 Å². The lowest BCUT2D eigenvalue weighted by Crippen LogP contribution is -2.39. The second kappa shape index (κ2) is 6.94. The Hall–Kier alpha value is -1.55. The molecule has 2 aromatic carbocycles. The Labute approximate surface area is 134 Å². The number of halogens is 1. The topological polar surface area (TPSA) is 41.1 Å². The zero-order valence-corrected chi connectivity index (χ0v) is 14.2. The Kier molecular flexibility index (Phi) is 5.23. The zero-order valence-electron chi connectivity index (χ0n) is 12.6. The number of benzene rings is 2. The number of anilines is 1. The van der Waals surface area contributed by atoms with Gasteiger partial charge in [0.05, 0.1) is 6.54 Å². The van der Waals surface area contributed by atoms with Crippen LogP contribution in [0.2, 0.25) is 0 Å². The molecule has 0 spiro atoms. The SMILES string of the molecule is CC(C)C(C)NC(=O)CNc1ccc(Br)c2ccccc12. The summed E-state index contributed by atoms with van der Waals surface area (Å²) in [5.41, 5.74) is 0.973. The Balaban J connectivity index is 2.07. The Morgan fingerprint density at radius 2 is 1.76 bits per heavy atom. The van der Waals surface area contributed by atoms with E-state index in [1.807, 2.05) is 31.2 Å². The molecule has 0 fully saturated rings. The van der Waals surface area contributed by atoms with E-state index < -0.39 is 0 Å². The van der Waals surface area contributed by atoms with Gasteiger partial charge in [-0.15, -0.1) is 0 Å². The molecule has 0 aliphatic heterocycles. The average Bonchev–Trinajstić information content (AvgIpc) is 2.46. The van der Waals surface area contributed by atoms with E-state index in [-0.39, 0.29) is 18.5 Å². The highest BCUT2D eigenvalue weighted by atomic mass is 79.9. The number of hydrogen-bond acceptors (Lipinski definition) is 2. The van der Waals surface area contributed by atoms with E-state index in [0.29, 0.717) is 5.92 Å². The maximum atomic E-state index is 12.0. The van der Waals surface area contributed by atoms with Crippen LogP contribution in [0.25, 0.3) is 10.8 Å². The fourth-order valence-corrected chi connectivity index (χ4v) is 2.54. The molecule has 0 aliphatic rings. The molecule has 1 atom stereocenters. The summed E-state index contributed by atoms with van der Waals surface area (Å²) in [6, 6.07) is 12.3. The molecule has 0 aliphatic carbocycles. The van der Waals surface area contributed by atoms with Gasteiger partial charge in [-0.3, -0.25) is 4.79 Å². The normalized spacial score (nSPS) is 12.4. The summed E-state index contributed by atoms with van der Waals surface area (Å²) in [7, 11) is 0. The number of hydrogen-bond donors (Lipinski definition) is 2. The van der Waals surface area contributed by atoms with Crippen LogP contribution in [0.1, 0.15) is 20.8 Å². The van der Waals surface area contributed by atoms with Crippen molar-refractivity contribution in [2.24, 2.45) is 5.92 Å². The summed E-state index contributed by atoms with van der Waals surface area (Å²) in [4.78, 5) is 12.0. The van der Waals surface area contributed by atoms with Crippen LogP contribution in [0, 0.1) is 5.92 Å². The predicted octanol–water partition coefficient (Wildman–Crippen LogP) is 4.17. The largest absolute Gasteiger partial charge is 0.376 e. The highest BCUT2D eigenvalue weighted by Crippen LogP contribution is 2.29. The molecule has 3 nitrogen and oxygen atoms in total. The first-order valence-electron chi connectivity index (χ1n) is 7.19. The average molecular weight is 349 g/mol. The predicted molar refractivity (Wildman–Crippen MR) is 92.6 cm³/mol. The van der Waals surface area contributed by atoms with Gasteiger partial charge in [0.15, 0.2) is 0 Å². The molecule has 1 unspecified atom stereocenters. The van der Waals surface area contributed by atoms with Crippen molar-refractivity contribution < 1.29 is 4.79 Å². The Morgan fingerprint density at radius 1 is 1.10 bits per heavy atom. The second-order valence-corrected chi connectivity index (χ2v) is 6.45. The molecule has 0 bridgehead atoms. The van der Waals surface area contributed by atoms with Crippen molar-refractivity contribution in [3.05, 3.63) is 40.9 Å². The van der Waals surface area contributed by atoms with Gasteiger partial charge >= 0.3 is 0 Å². The molecule has 1 amide bonds. The van der Waals surface area contributed by atoms with Crippen LogP contribution in [-0.4, -0.2) is 18.5 Å². The quantitative estimate of drug-likeness (QED) is 0.850. The van der Waals surface area contributed by atoms with Gasteiger partial charge in [-0.05, 0) is 30.4 Å². The Morgan fingerprint density at radius 3 is 2.43 bits per heavy atom. The summed E-state index contributed by atoms with van der Waals surface area (Å²) in [6.07, 6.45) is 0.